The fraction of sp³-hybridized carbons (Fsp3) is 0.571. The smallest absolute Gasteiger partial charge is 0.0459 e. The summed E-state index contributed by atoms with van der Waals surface area (Å²) in [7, 11) is 6.40. The Morgan fingerprint density at radius 1 is 1.18 bits per heavy atom. The molecule has 0 aliphatic heterocycles. The molecule has 0 fully saturated rings. The molecule has 2 atom stereocenters. The summed E-state index contributed by atoms with van der Waals surface area (Å²) < 4.78 is 0. The van der Waals surface area contributed by atoms with Gasteiger partial charge in [-0.1, -0.05) is 24.3 Å². The van der Waals surface area contributed by atoms with Gasteiger partial charge in [0.25, 0.3) is 0 Å². The van der Waals surface area contributed by atoms with Crippen LogP contribution in [0.2, 0.25) is 0 Å². The second kappa shape index (κ2) is 5.17. The van der Waals surface area contributed by atoms with Gasteiger partial charge in [-0.15, -0.1) is 0 Å². The number of benzene rings is 1. The van der Waals surface area contributed by atoms with Crippen LogP contribution in [0.1, 0.15) is 17.2 Å². The van der Waals surface area contributed by atoms with Crippen LogP contribution in [0.5, 0.6) is 0 Å². The van der Waals surface area contributed by atoms with E-state index in [0.29, 0.717) is 6.04 Å². The Bertz CT molecular complexity index is 375. The standard InChI is InChI=1S/C14H23N3/c1-16(2)8-9-17(3)13-10-11-6-4-5-7-12(11)14(13)15/h4-7,13-14H,8-10,15H2,1-3H3. The van der Waals surface area contributed by atoms with Crippen LogP contribution in [0.25, 0.3) is 0 Å². The van der Waals surface area contributed by atoms with Crippen molar-refractivity contribution in [2.24, 2.45) is 5.73 Å². The van der Waals surface area contributed by atoms with Crippen LogP contribution in [0.3, 0.4) is 0 Å². The molecule has 0 amide bonds. The summed E-state index contributed by atoms with van der Waals surface area (Å²) in [6.07, 6.45) is 1.08. The molecule has 3 heteroatoms. The van der Waals surface area contributed by atoms with Gasteiger partial charge in [-0.3, -0.25) is 4.90 Å². The third-order valence-corrected chi connectivity index (χ3v) is 3.72. The second-order valence-electron chi connectivity index (χ2n) is 5.28. The summed E-state index contributed by atoms with van der Waals surface area (Å²) >= 11 is 0. The molecule has 1 aromatic carbocycles. The summed E-state index contributed by atoms with van der Waals surface area (Å²) in [6, 6.07) is 9.18. The van der Waals surface area contributed by atoms with E-state index in [1.54, 1.807) is 0 Å². The van der Waals surface area contributed by atoms with Crippen molar-refractivity contribution < 1.29 is 0 Å². The maximum absolute atomic E-state index is 6.34. The van der Waals surface area contributed by atoms with E-state index in [0.717, 1.165) is 19.5 Å². The Kier molecular flexibility index (Phi) is 3.82. The highest BCUT2D eigenvalue weighted by atomic mass is 15.2. The highest BCUT2D eigenvalue weighted by Gasteiger charge is 2.31. The van der Waals surface area contributed by atoms with E-state index in [9.17, 15) is 0 Å². The Morgan fingerprint density at radius 3 is 2.53 bits per heavy atom. The van der Waals surface area contributed by atoms with Gasteiger partial charge in [0.1, 0.15) is 0 Å². The van der Waals surface area contributed by atoms with E-state index in [2.05, 4.69) is 55.2 Å². The molecular weight excluding hydrogens is 210 g/mol. The minimum Gasteiger partial charge on any atom is -0.323 e. The van der Waals surface area contributed by atoms with Crippen molar-refractivity contribution in [1.29, 1.82) is 0 Å². The van der Waals surface area contributed by atoms with Crippen molar-refractivity contribution in [3.63, 3.8) is 0 Å². The zero-order valence-corrected chi connectivity index (χ0v) is 11.1. The molecule has 17 heavy (non-hydrogen) atoms. The van der Waals surface area contributed by atoms with Crippen LogP contribution in [-0.2, 0) is 6.42 Å². The molecule has 0 saturated heterocycles. The zero-order chi connectivity index (χ0) is 12.4. The summed E-state index contributed by atoms with van der Waals surface area (Å²) in [4.78, 5) is 4.61. The number of likely N-dealkylation sites (N-methyl/N-ethyl adjacent to an activating group) is 2. The molecule has 0 radical (unpaired) electrons. The number of hydrogen-bond donors (Lipinski definition) is 1. The van der Waals surface area contributed by atoms with Crippen LogP contribution in [0.15, 0.2) is 24.3 Å². The van der Waals surface area contributed by atoms with Crippen LogP contribution < -0.4 is 5.73 Å². The van der Waals surface area contributed by atoms with E-state index in [1.165, 1.54) is 11.1 Å². The highest BCUT2D eigenvalue weighted by Crippen LogP contribution is 2.31. The van der Waals surface area contributed by atoms with E-state index < -0.39 is 0 Å². The van der Waals surface area contributed by atoms with Gasteiger partial charge in [-0.25, -0.2) is 0 Å². The number of rotatable bonds is 4. The molecule has 0 spiro atoms. The number of fused-ring (bicyclic) bond motifs is 1. The summed E-state index contributed by atoms with van der Waals surface area (Å²) in [6.45, 7) is 2.15. The highest BCUT2D eigenvalue weighted by molar-refractivity contribution is 5.36. The zero-order valence-electron chi connectivity index (χ0n) is 11.1. The van der Waals surface area contributed by atoms with Gasteiger partial charge in [0, 0.05) is 25.2 Å². The first-order valence-corrected chi connectivity index (χ1v) is 6.28. The SMILES string of the molecule is CN(C)CCN(C)C1Cc2ccccc2C1N. The molecule has 2 N–H and O–H groups in total. The number of hydrogen-bond acceptors (Lipinski definition) is 3. The maximum Gasteiger partial charge on any atom is 0.0459 e. The van der Waals surface area contributed by atoms with Crippen LogP contribution in [0.4, 0.5) is 0 Å². The molecular formula is C14H23N3. The average Bonchev–Trinajstić information content (AvgIpc) is 2.64. The summed E-state index contributed by atoms with van der Waals surface area (Å²) in [5.41, 5.74) is 9.09. The molecule has 3 nitrogen and oxygen atoms in total. The maximum atomic E-state index is 6.34. The van der Waals surface area contributed by atoms with Gasteiger partial charge in [0.2, 0.25) is 0 Å². The molecule has 0 aromatic heterocycles. The van der Waals surface area contributed by atoms with Gasteiger partial charge >= 0.3 is 0 Å². The third kappa shape index (κ3) is 2.68. The predicted molar refractivity (Wildman–Crippen MR) is 72.0 cm³/mol. The lowest BCUT2D eigenvalue weighted by Crippen LogP contribution is -2.41. The topological polar surface area (TPSA) is 32.5 Å². The van der Waals surface area contributed by atoms with Crippen LogP contribution in [0, 0.1) is 0 Å². The van der Waals surface area contributed by atoms with Gasteiger partial charge < -0.3 is 10.6 Å². The Labute approximate surface area is 104 Å². The first-order chi connectivity index (χ1) is 8.09. The molecule has 2 rings (SSSR count). The largest absolute Gasteiger partial charge is 0.323 e. The predicted octanol–water partition coefficient (Wildman–Crippen LogP) is 1.10. The molecule has 2 unspecified atom stereocenters. The summed E-state index contributed by atoms with van der Waals surface area (Å²) in [5, 5.41) is 0. The number of nitrogens with zero attached hydrogens (tertiary/aromatic N) is 2. The molecule has 1 aliphatic rings. The van der Waals surface area contributed by atoms with Gasteiger partial charge in [-0.2, -0.15) is 0 Å². The van der Waals surface area contributed by atoms with Gasteiger partial charge in [-0.05, 0) is 38.7 Å². The average molecular weight is 233 g/mol. The third-order valence-electron chi connectivity index (χ3n) is 3.72. The molecule has 0 bridgehead atoms. The Morgan fingerprint density at radius 2 is 1.88 bits per heavy atom. The lowest BCUT2D eigenvalue weighted by Gasteiger charge is -2.28. The van der Waals surface area contributed by atoms with E-state index in [4.69, 9.17) is 5.73 Å². The quantitative estimate of drug-likeness (QED) is 0.845. The van der Waals surface area contributed by atoms with Gasteiger partial charge in [0.15, 0.2) is 0 Å². The second-order valence-corrected chi connectivity index (χ2v) is 5.28. The van der Waals surface area contributed by atoms with Crippen molar-refractivity contribution in [3.05, 3.63) is 35.4 Å². The van der Waals surface area contributed by atoms with Gasteiger partial charge in [0.05, 0.1) is 0 Å². The normalized spacial score (nSPS) is 23.4. The lowest BCUT2D eigenvalue weighted by atomic mass is 10.1. The fourth-order valence-corrected chi connectivity index (χ4v) is 2.56. The van der Waals surface area contributed by atoms with Crippen molar-refractivity contribution in [2.45, 2.75) is 18.5 Å². The lowest BCUT2D eigenvalue weighted by molar-refractivity contribution is 0.201. The molecule has 1 aliphatic carbocycles. The van der Waals surface area contributed by atoms with Crippen LogP contribution >= 0.6 is 0 Å². The molecule has 94 valence electrons. The minimum absolute atomic E-state index is 0.165. The van der Waals surface area contributed by atoms with Crippen molar-refractivity contribution in [2.75, 3.05) is 34.2 Å². The van der Waals surface area contributed by atoms with Crippen molar-refractivity contribution >= 4 is 0 Å². The summed E-state index contributed by atoms with van der Waals surface area (Å²) in [5.74, 6) is 0. The van der Waals surface area contributed by atoms with E-state index >= 15 is 0 Å². The van der Waals surface area contributed by atoms with Crippen molar-refractivity contribution in [1.82, 2.24) is 9.80 Å². The monoisotopic (exact) mass is 233 g/mol. The molecule has 0 heterocycles. The Hall–Kier alpha value is -0.900. The van der Waals surface area contributed by atoms with Crippen LogP contribution in [-0.4, -0.2) is 50.1 Å². The molecule has 0 saturated carbocycles. The van der Waals surface area contributed by atoms with E-state index in [1.807, 2.05) is 0 Å². The molecule has 1 aromatic rings. The number of nitrogens with two attached hydrogens (primary N) is 1. The van der Waals surface area contributed by atoms with E-state index in [-0.39, 0.29) is 6.04 Å². The first kappa shape index (κ1) is 12.6. The fourth-order valence-electron chi connectivity index (χ4n) is 2.56. The first-order valence-electron chi connectivity index (χ1n) is 6.28. The van der Waals surface area contributed by atoms with Crippen molar-refractivity contribution in [3.8, 4) is 0 Å². The minimum atomic E-state index is 0.165. The Balaban J connectivity index is 2.01.